The fraction of sp³-hybridized carbons (Fsp3) is 0.500. The second-order valence-corrected chi connectivity index (χ2v) is 4.66. The third-order valence-corrected chi connectivity index (χ3v) is 2.44. The van der Waals surface area contributed by atoms with Crippen molar-refractivity contribution in [3.05, 3.63) is 24.3 Å². The van der Waals surface area contributed by atoms with Crippen molar-refractivity contribution in [1.82, 2.24) is 0 Å². The van der Waals surface area contributed by atoms with Gasteiger partial charge in [-0.05, 0) is 24.5 Å². The number of nitrogen functional groups attached to an aromatic ring is 1. The molecule has 0 aliphatic carbocycles. The molecule has 78 valence electrons. The Morgan fingerprint density at radius 1 is 1.21 bits per heavy atom. The van der Waals surface area contributed by atoms with Crippen LogP contribution < -0.4 is 10.5 Å². The maximum Gasteiger partial charge on any atom is 0.142 e. The maximum atomic E-state index is 5.79. The van der Waals surface area contributed by atoms with Crippen LogP contribution in [0, 0.1) is 5.41 Å². The third kappa shape index (κ3) is 2.66. The first-order chi connectivity index (χ1) is 6.41. The van der Waals surface area contributed by atoms with Gasteiger partial charge < -0.3 is 10.5 Å². The van der Waals surface area contributed by atoms with Gasteiger partial charge in [0.1, 0.15) is 11.9 Å². The zero-order valence-electron chi connectivity index (χ0n) is 9.37. The smallest absolute Gasteiger partial charge is 0.142 e. The topological polar surface area (TPSA) is 35.2 Å². The SMILES string of the molecule is CC(Oc1ccccc1N)C(C)(C)C. The van der Waals surface area contributed by atoms with E-state index in [0.717, 1.165) is 5.75 Å². The zero-order valence-corrected chi connectivity index (χ0v) is 9.37. The number of hydrogen-bond donors (Lipinski definition) is 1. The molecule has 0 saturated heterocycles. The normalized spacial score (nSPS) is 13.7. The molecule has 0 fully saturated rings. The summed E-state index contributed by atoms with van der Waals surface area (Å²) in [6, 6.07) is 7.59. The molecule has 0 aliphatic rings. The molecule has 1 aromatic rings. The van der Waals surface area contributed by atoms with Gasteiger partial charge in [-0.25, -0.2) is 0 Å². The predicted molar refractivity (Wildman–Crippen MR) is 60.4 cm³/mol. The van der Waals surface area contributed by atoms with E-state index in [1.54, 1.807) is 0 Å². The third-order valence-electron chi connectivity index (χ3n) is 2.44. The highest BCUT2D eigenvalue weighted by Crippen LogP contribution is 2.27. The summed E-state index contributed by atoms with van der Waals surface area (Å²) >= 11 is 0. The van der Waals surface area contributed by atoms with Crippen LogP contribution in [0.25, 0.3) is 0 Å². The van der Waals surface area contributed by atoms with E-state index in [0.29, 0.717) is 5.69 Å². The molecule has 0 aromatic heterocycles. The van der Waals surface area contributed by atoms with Gasteiger partial charge in [0.25, 0.3) is 0 Å². The van der Waals surface area contributed by atoms with Crippen molar-refractivity contribution in [1.29, 1.82) is 0 Å². The van der Waals surface area contributed by atoms with Crippen molar-refractivity contribution in [3.63, 3.8) is 0 Å². The van der Waals surface area contributed by atoms with Crippen molar-refractivity contribution >= 4 is 5.69 Å². The molecule has 0 amide bonds. The van der Waals surface area contributed by atoms with Gasteiger partial charge in [0.15, 0.2) is 0 Å². The maximum absolute atomic E-state index is 5.79. The summed E-state index contributed by atoms with van der Waals surface area (Å²) in [7, 11) is 0. The summed E-state index contributed by atoms with van der Waals surface area (Å²) in [6.07, 6.45) is 0.146. The second-order valence-electron chi connectivity index (χ2n) is 4.66. The van der Waals surface area contributed by atoms with Crippen molar-refractivity contribution in [2.75, 3.05) is 5.73 Å². The van der Waals surface area contributed by atoms with Gasteiger partial charge in [0.05, 0.1) is 5.69 Å². The molecule has 1 rings (SSSR count). The number of rotatable bonds is 2. The zero-order chi connectivity index (χ0) is 10.8. The Kier molecular flexibility index (Phi) is 3.04. The molecule has 0 heterocycles. The average Bonchev–Trinajstić information content (AvgIpc) is 2.07. The van der Waals surface area contributed by atoms with Crippen LogP contribution in [0.1, 0.15) is 27.7 Å². The summed E-state index contributed by atoms with van der Waals surface area (Å²) in [4.78, 5) is 0. The van der Waals surface area contributed by atoms with E-state index in [-0.39, 0.29) is 11.5 Å². The number of hydrogen-bond acceptors (Lipinski definition) is 2. The monoisotopic (exact) mass is 193 g/mol. The van der Waals surface area contributed by atoms with Gasteiger partial charge in [-0.2, -0.15) is 0 Å². The van der Waals surface area contributed by atoms with Crippen LogP contribution in [0.3, 0.4) is 0 Å². The van der Waals surface area contributed by atoms with Gasteiger partial charge in [-0.15, -0.1) is 0 Å². The predicted octanol–water partition coefficient (Wildman–Crippen LogP) is 3.08. The van der Waals surface area contributed by atoms with E-state index in [1.165, 1.54) is 0 Å². The van der Waals surface area contributed by atoms with Gasteiger partial charge in [-0.3, -0.25) is 0 Å². The van der Waals surface area contributed by atoms with Crippen LogP contribution >= 0.6 is 0 Å². The lowest BCUT2D eigenvalue weighted by molar-refractivity contribution is 0.104. The molecule has 1 aromatic carbocycles. The molecule has 0 saturated carbocycles. The van der Waals surface area contributed by atoms with Gasteiger partial charge in [0, 0.05) is 0 Å². The van der Waals surface area contributed by atoms with Crippen LogP contribution in [0.4, 0.5) is 5.69 Å². The first-order valence-electron chi connectivity index (χ1n) is 4.92. The molecule has 0 radical (unpaired) electrons. The molecule has 0 spiro atoms. The highest BCUT2D eigenvalue weighted by molar-refractivity contribution is 5.51. The van der Waals surface area contributed by atoms with E-state index in [1.807, 2.05) is 24.3 Å². The van der Waals surface area contributed by atoms with Crippen molar-refractivity contribution in [3.8, 4) is 5.75 Å². The Labute approximate surface area is 86.1 Å². The molecule has 2 heteroatoms. The summed E-state index contributed by atoms with van der Waals surface area (Å²) in [5.74, 6) is 0.773. The lowest BCUT2D eigenvalue weighted by Crippen LogP contribution is -2.29. The lowest BCUT2D eigenvalue weighted by Gasteiger charge is -2.28. The minimum atomic E-state index is 0.127. The molecular formula is C12H19NO. The fourth-order valence-electron chi connectivity index (χ4n) is 0.955. The first-order valence-corrected chi connectivity index (χ1v) is 4.92. The number of benzene rings is 1. The van der Waals surface area contributed by atoms with Crippen LogP contribution in [0.5, 0.6) is 5.75 Å². The van der Waals surface area contributed by atoms with E-state index < -0.39 is 0 Å². The first kappa shape index (κ1) is 10.9. The minimum absolute atomic E-state index is 0.127. The number of para-hydroxylation sites is 2. The van der Waals surface area contributed by atoms with Crippen molar-refractivity contribution in [2.24, 2.45) is 5.41 Å². The fourth-order valence-corrected chi connectivity index (χ4v) is 0.955. The molecule has 0 aliphatic heterocycles. The second kappa shape index (κ2) is 3.91. The van der Waals surface area contributed by atoms with Crippen LogP contribution in [-0.2, 0) is 0 Å². The van der Waals surface area contributed by atoms with Gasteiger partial charge in [0.2, 0.25) is 0 Å². The minimum Gasteiger partial charge on any atom is -0.488 e. The number of ether oxygens (including phenoxy) is 1. The standard InChI is InChI=1S/C12H19NO/c1-9(12(2,3)4)14-11-8-6-5-7-10(11)13/h5-9H,13H2,1-4H3. The Balaban J connectivity index is 2.75. The molecular weight excluding hydrogens is 174 g/mol. The highest BCUT2D eigenvalue weighted by Gasteiger charge is 2.22. The lowest BCUT2D eigenvalue weighted by atomic mass is 9.90. The molecule has 1 unspecified atom stereocenters. The molecule has 2 nitrogen and oxygen atoms in total. The van der Waals surface area contributed by atoms with Crippen molar-refractivity contribution in [2.45, 2.75) is 33.8 Å². The van der Waals surface area contributed by atoms with Gasteiger partial charge in [-0.1, -0.05) is 32.9 Å². The summed E-state index contributed by atoms with van der Waals surface area (Å²) in [5, 5.41) is 0. The van der Waals surface area contributed by atoms with E-state index in [4.69, 9.17) is 10.5 Å². The van der Waals surface area contributed by atoms with E-state index in [2.05, 4.69) is 27.7 Å². The largest absolute Gasteiger partial charge is 0.488 e. The Bertz CT molecular complexity index is 301. The number of anilines is 1. The van der Waals surface area contributed by atoms with Crippen LogP contribution in [-0.4, -0.2) is 6.10 Å². The van der Waals surface area contributed by atoms with Crippen LogP contribution in [0.15, 0.2) is 24.3 Å². The molecule has 14 heavy (non-hydrogen) atoms. The van der Waals surface area contributed by atoms with E-state index in [9.17, 15) is 0 Å². The highest BCUT2D eigenvalue weighted by atomic mass is 16.5. The van der Waals surface area contributed by atoms with E-state index >= 15 is 0 Å². The Hall–Kier alpha value is -1.18. The average molecular weight is 193 g/mol. The molecule has 2 N–H and O–H groups in total. The summed E-state index contributed by atoms with van der Waals surface area (Å²) in [5.41, 5.74) is 6.61. The quantitative estimate of drug-likeness (QED) is 0.732. The molecule has 1 atom stereocenters. The summed E-state index contributed by atoms with van der Waals surface area (Å²) in [6.45, 7) is 8.51. The Morgan fingerprint density at radius 3 is 2.29 bits per heavy atom. The summed E-state index contributed by atoms with van der Waals surface area (Å²) < 4.78 is 5.78. The Morgan fingerprint density at radius 2 is 1.79 bits per heavy atom. The van der Waals surface area contributed by atoms with Crippen LogP contribution in [0.2, 0.25) is 0 Å². The number of nitrogens with two attached hydrogens (primary N) is 1. The van der Waals surface area contributed by atoms with Crippen molar-refractivity contribution < 1.29 is 4.74 Å². The van der Waals surface area contributed by atoms with Gasteiger partial charge >= 0.3 is 0 Å². The molecule has 0 bridgehead atoms.